The number of hydrogen-bond acceptors (Lipinski definition) is 4. The zero-order valence-electron chi connectivity index (χ0n) is 19.7. The molecular formula is C26H33N3O4S. The predicted molar refractivity (Wildman–Crippen MR) is 133 cm³/mol. The molecule has 2 heterocycles. The average molecular weight is 484 g/mol. The lowest BCUT2D eigenvalue weighted by molar-refractivity contribution is -0.121. The van der Waals surface area contributed by atoms with E-state index in [9.17, 15) is 13.2 Å². The number of rotatable bonds is 9. The molecule has 1 aromatic heterocycles. The summed E-state index contributed by atoms with van der Waals surface area (Å²) in [6.07, 6.45) is 6.23. The van der Waals surface area contributed by atoms with Gasteiger partial charge in [-0.1, -0.05) is 31.0 Å². The molecule has 182 valence electrons. The number of nitrogens with zero attached hydrogens (tertiary/aromatic N) is 2. The Morgan fingerprint density at radius 3 is 2.56 bits per heavy atom. The van der Waals surface area contributed by atoms with Crippen molar-refractivity contribution in [1.29, 1.82) is 0 Å². The second-order valence-electron chi connectivity index (χ2n) is 8.62. The minimum absolute atomic E-state index is 0.0477. The van der Waals surface area contributed by atoms with Crippen LogP contribution in [0.1, 0.15) is 44.6 Å². The molecule has 0 bridgehead atoms. The summed E-state index contributed by atoms with van der Waals surface area (Å²) in [4.78, 5) is 12.8. The van der Waals surface area contributed by atoms with E-state index >= 15 is 0 Å². The van der Waals surface area contributed by atoms with Crippen molar-refractivity contribution < 1.29 is 17.9 Å². The molecular weight excluding hydrogens is 450 g/mol. The summed E-state index contributed by atoms with van der Waals surface area (Å²) in [7, 11) is -3.49. The molecule has 1 amide bonds. The van der Waals surface area contributed by atoms with Crippen molar-refractivity contribution in [1.82, 2.24) is 14.2 Å². The van der Waals surface area contributed by atoms with Gasteiger partial charge < -0.3 is 14.6 Å². The van der Waals surface area contributed by atoms with Crippen LogP contribution < -0.4 is 10.1 Å². The van der Waals surface area contributed by atoms with Crippen molar-refractivity contribution in [2.45, 2.75) is 57.0 Å². The first-order chi connectivity index (χ1) is 16.5. The highest BCUT2D eigenvalue weighted by atomic mass is 32.2. The number of fused-ring (bicyclic) bond motifs is 1. The van der Waals surface area contributed by atoms with Crippen molar-refractivity contribution >= 4 is 26.8 Å². The van der Waals surface area contributed by atoms with Crippen LogP contribution in [-0.2, 0) is 27.9 Å². The van der Waals surface area contributed by atoms with Crippen molar-refractivity contribution in [3.05, 3.63) is 60.3 Å². The van der Waals surface area contributed by atoms with E-state index in [0.29, 0.717) is 44.1 Å². The Morgan fingerprint density at radius 2 is 1.79 bits per heavy atom. The number of carbonyl (C=O) groups is 1. The lowest BCUT2D eigenvalue weighted by atomic mass is 10.2. The molecule has 0 aliphatic carbocycles. The number of ether oxygens (including phenoxy) is 1. The molecule has 1 aliphatic rings. The van der Waals surface area contributed by atoms with Crippen LogP contribution in [0, 0.1) is 0 Å². The second-order valence-corrected chi connectivity index (χ2v) is 10.6. The number of para-hydroxylation sites is 1. The van der Waals surface area contributed by atoms with Crippen molar-refractivity contribution in [3.63, 3.8) is 0 Å². The summed E-state index contributed by atoms with van der Waals surface area (Å²) < 4.78 is 35.5. The van der Waals surface area contributed by atoms with E-state index in [2.05, 4.69) is 5.32 Å². The Kier molecular flexibility index (Phi) is 7.90. The molecule has 0 atom stereocenters. The first-order valence-electron chi connectivity index (χ1n) is 12.1. The summed E-state index contributed by atoms with van der Waals surface area (Å²) in [6, 6.07) is 14.9. The summed E-state index contributed by atoms with van der Waals surface area (Å²) in [5.41, 5.74) is 1.87. The fourth-order valence-electron chi connectivity index (χ4n) is 4.42. The normalized spacial score (nSPS) is 15.2. The van der Waals surface area contributed by atoms with Crippen LogP contribution in [0.5, 0.6) is 5.75 Å². The van der Waals surface area contributed by atoms with Gasteiger partial charge in [0.25, 0.3) is 0 Å². The number of sulfonamides is 1. The third kappa shape index (κ3) is 5.62. The molecule has 0 saturated carbocycles. The monoisotopic (exact) mass is 483 g/mol. The molecule has 4 rings (SSSR count). The minimum Gasteiger partial charge on any atom is -0.494 e. The van der Waals surface area contributed by atoms with Gasteiger partial charge in [-0.25, -0.2) is 8.42 Å². The van der Waals surface area contributed by atoms with Crippen LogP contribution >= 0.6 is 0 Å². The third-order valence-corrected chi connectivity index (χ3v) is 8.17. The number of benzene rings is 2. The molecule has 1 aliphatic heterocycles. The Morgan fingerprint density at radius 1 is 1.03 bits per heavy atom. The molecule has 3 aromatic rings. The maximum absolute atomic E-state index is 13.1. The molecule has 0 unspecified atom stereocenters. The van der Waals surface area contributed by atoms with Gasteiger partial charge >= 0.3 is 0 Å². The minimum atomic E-state index is -3.49. The molecule has 2 aromatic carbocycles. The van der Waals surface area contributed by atoms with Gasteiger partial charge in [-0.2, -0.15) is 4.31 Å². The van der Waals surface area contributed by atoms with Crippen LogP contribution in [0.2, 0.25) is 0 Å². The number of aromatic nitrogens is 1. The van der Waals surface area contributed by atoms with Crippen LogP contribution in [0.4, 0.5) is 0 Å². The summed E-state index contributed by atoms with van der Waals surface area (Å²) in [6.45, 7) is 4.62. The summed E-state index contributed by atoms with van der Waals surface area (Å²) >= 11 is 0. The largest absolute Gasteiger partial charge is 0.494 e. The summed E-state index contributed by atoms with van der Waals surface area (Å²) in [5, 5.41) is 3.82. The molecule has 8 heteroatoms. The standard InChI is InChI=1S/C26H33N3O4S/c1-2-33-25-10-6-5-9-22(25)20-27-26(30)14-18-28-17-13-21-19-23(11-12-24(21)28)34(31,32)29-15-7-3-4-8-16-29/h5-6,9-13,17,19H,2-4,7-8,14-16,18,20H2,1H3,(H,27,30). The Labute approximate surface area is 201 Å². The molecule has 1 saturated heterocycles. The van der Waals surface area contributed by atoms with Crippen molar-refractivity contribution in [2.75, 3.05) is 19.7 Å². The molecule has 0 spiro atoms. The maximum atomic E-state index is 13.1. The van der Waals surface area contributed by atoms with Gasteiger partial charge in [0.05, 0.1) is 11.5 Å². The Hall–Kier alpha value is -2.84. The number of nitrogens with one attached hydrogen (secondary N) is 1. The molecule has 1 N–H and O–H groups in total. The zero-order valence-corrected chi connectivity index (χ0v) is 20.5. The van der Waals surface area contributed by atoms with Gasteiger partial charge in [0.15, 0.2) is 0 Å². The highest BCUT2D eigenvalue weighted by Gasteiger charge is 2.25. The van der Waals surface area contributed by atoms with Crippen molar-refractivity contribution in [3.8, 4) is 5.75 Å². The van der Waals surface area contributed by atoms with Crippen LogP contribution in [0.3, 0.4) is 0 Å². The second kappa shape index (κ2) is 11.1. The highest BCUT2D eigenvalue weighted by molar-refractivity contribution is 7.89. The number of hydrogen-bond donors (Lipinski definition) is 1. The molecule has 34 heavy (non-hydrogen) atoms. The van der Waals surface area contributed by atoms with Gasteiger partial charge in [-0.3, -0.25) is 4.79 Å². The fraction of sp³-hybridized carbons (Fsp3) is 0.423. The number of aryl methyl sites for hydroxylation is 1. The lowest BCUT2D eigenvalue weighted by Crippen LogP contribution is -2.31. The maximum Gasteiger partial charge on any atom is 0.243 e. The van der Waals surface area contributed by atoms with Crippen molar-refractivity contribution in [2.24, 2.45) is 0 Å². The predicted octanol–water partition coefficient (Wildman–Crippen LogP) is 4.31. The summed E-state index contributed by atoms with van der Waals surface area (Å²) in [5.74, 6) is 0.737. The van der Waals surface area contributed by atoms with Gasteiger partial charge in [-0.05, 0) is 50.1 Å². The topological polar surface area (TPSA) is 80.6 Å². The van der Waals surface area contributed by atoms with Crippen LogP contribution in [0.15, 0.2) is 59.6 Å². The van der Waals surface area contributed by atoms with E-state index in [1.54, 1.807) is 16.4 Å². The quantitative estimate of drug-likeness (QED) is 0.492. The Bertz CT molecular complexity index is 1230. The molecule has 1 fully saturated rings. The first kappa shape index (κ1) is 24.3. The highest BCUT2D eigenvalue weighted by Crippen LogP contribution is 2.25. The van der Waals surface area contributed by atoms with Crippen LogP contribution in [-0.4, -0.2) is 42.9 Å². The molecule has 0 radical (unpaired) electrons. The van der Waals surface area contributed by atoms with E-state index in [1.165, 1.54) is 0 Å². The fourth-order valence-corrected chi connectivity index (χ4v) is 5.97. The zero-order chi connectivity index (χ0) is 24.0. The number of amides is 1. The third-order valence-electron chi connectivity index (χ3n) is 6.27. The first-order valence-corrected chi connectivity index (χ1v) is 13.5. The van der Waals surface area contributed by atoms with E-state index in [4.69, 9.17) is 4.74 Å². The number of carbonyl (C=O) groups excluding carboxylic acids is 1. The van der Waals surface area contributed by atoms with Gasteiger partial charge in [0.1, 0.15) is 5.75 Å². The van der Waals surface area contributed by atoms with E-state index < -0.39 is 10.0 Å². The lowest BCUT2D eigenvalue weighted by Gasteiger charge is -2.20. The molecule has 7 nitrogen and oxygen atoms in total. The Balaban J connectivity index is 1.38. The smallest absolute Gasteiger partial charge is 0.243 e. The average Bonchev–Trinajstić information content (AvgIpc) is 3.04. The van der Waals surface area contributed by atoms with Gasteiger partial charge in [-0.15, -0.1) is 0 Å². The SMILES string of the molecule is CCOc1ccccc1CNC(=O)CCn1ccc2cc(S(=O)(=O)N3CCCCCC3)ccc21. The van der Waals surface area contributed by atoms with E-state index in [-0.39, 0.29) is 5.91 Å². The van der Waals surface area contributed by atoms with Crippen LogP contribution in [0.25, 0.3) is 10.9 Å². The van der Waals surface area contributed by atoms with Gasteiger partial charge in [0, 0.05) is 55.3 Å². The van der Waals surface area contributed by atoms with E-state index in [1.807, 2.05) is 54.1 Å². The van der Waals surface area contributed by atoms with Gasteiger partial charge in [0.2, 0.25) is 15.9 Å². The van der Waals surface area contributed by atoms with E-state index in [0.717, 1.165) is 47.9 Å².